The Morgan fingerprint density at radius 1 is 1.14 bits per heavy atom. The summed E-state index contributed by atoms with van der Waals surface area (Å²) in [5.74, 6) is 0.273. The fraction of sp³-hybridized carbons (Fsp3) is 0.188. The van der Waals surface area contributed by atoms with Crippen LogP contribution in [0.2, 0.25) is 0 Å². The van der Waals surface area contributed by atoms with Crippen molar-refractivity contribution in [3.05, 3.63) is 60.2 Å². The van der Waals surface area contributed by atoms with Gasteiger partial charge in [-0.3, -0.25) is 4.79 Å². The number of anilines is 1. The highest BCUT2D eigenvalue weighted by atomic mass is 16.5. The number of ether oxygens (including phenoxy) is 1. The highest BCUT2D eigenvalue weighted by Crippen LogP contribution is 2.14. The Kier molecular flexibility index (Phi) is 5.17. The minimum atomic E-state index is -0.436. The van der Waals surface area contributed by atoms with Crippen LogP contribution in [0.25, 0.3) is 0 Å². The number of rotatable bonds is 6. The molecule has 2 aromatic carbocycles. The minimum absolute atomic E-state index is 0.118. The summed E-state index contributed by atoms with van der Waals surface area (Å²) in [6.07, 6.45) is 0. The number of aliphatic hydroxyl groups is 1. The maximum atomic E-state index is 11.9. The van der Waals surface area contributed by atoms with Crippen LogP contribution in [0.15, 0.2) is 54.6 Å². The number of nitrogen functional groups attached to an aromatic ring is 1. The monoisotopic (exact) mass is 286 g/mol. The van der Waals surface area contributed by atoms with Gasteiger partial charge >= 0.3 is 0 Å². The first-order valence-electron chi connectivity index (χ1n) is 6.62. The summed E-state index contributed by atoms with van der Waals surface area (Å²) >= 11 is 0. The molecule has 0 saturated carbocycles. The van der Waals surface area contributed by atoms with Crippen molar-refractivity contribution < 1.29 is 14.6 Å². The summed E-state index contributed by atoms with van der Waals surface area (Å²) in [4.78, 5) is 11.9. The van der Waals surface area contributed by atoms with Gasteiger partial charge in [-0.2, -0.15) is 0 Å². The first kappa shape index (κ1) is 14.9. The molecule has 0 aliphatic rings. The Bertz CT molecular complexity index is 570. The molecule has 110 valence electrons. The SMILES string of the molecule is Nc1ccc(OCC(=O)NC(CO)c2ccccc2)cc1. The van der Waals surface area contributed by atoms with Crippen LogP contribution in [-0.4, -0.2) is 24.2 Å². The molecule has 5 heteroatoms. The molecule has 0 radical (unpaired) electrons. The molecule has 0 spiro atoms. The molecular weight excluding hydrogens is 268 g/mol. The molecule has 0 saturated heterocycles. The van der Waals surface area contributed by atoms with E-state index >= 15 is 0 Å². The lowest BCUT2D eigenvalue weighted by atomic mass is 10.1. The number of nitrogens with two attached hydrogens (primary N) is 1. The highest BCUT2D eigenvalue weighted by molar-refractivity contribution is 5.78. The maximum absolute atomic E-state index is 11.9. The molecule has 0 heterocycles. The van der Waals surface area contributed by atoms with Crippen molar-refractivity contribution in [2.75, 3.05) is 18.9 Å². The summed E-state index contributed by atoms with van der Waals surface area (Å²) in [5.41, 5.74) is 7.05. The zero-order valence-electron chi connectivity index (χ0n) is 11.5. The summed E-state index contributed by atoms with van der Waals surface area (Å²) in [6, 6.07) is 15.7. The van der Waals surface area contributed by atoms with E-state index in [1.54, 1.807) is 24.3 Å². The third-order valence-electron chi connectivity index (χ3n) is 2.97. The first-order chi connectivity index (χ1) is 10.2. The number of carbonyl (C=O) groups excluding carboxylic acids is 1. The second-order valence-electron chi connectivity index (χ2n) is 4.57. The van der Waals surface area contributed by atoms with Crippen LogP contribution < -0.4 is 15.8 Å². The third kappa shape index (κ3) is 4.50. The normalized spacial score (nSPS) is 11.7. The average molecular weight is 286 g/mol. The van der Waals surface area contributed by atoms with Gasteiger partial charge in [-0.1, -0.05) is 30.3 Å². The van der Waals surface area contributed by atoms with Gasteiger partial charge in [0.1, 0.15) is 5.75 Å². The van der Waals surface area contributed by atoms with E-state index in [1.807, 2.05) is 30.3 Å². The van der Waals surface area contributed by atoms with E-state index in [1.165, 1.54) is 0 Å². The predicted molar refractivity (Wildman–Crippen MR) is 80.8 cm³/mol. The van der Waals surface area contributed by atoms with E-state index in [9.17, 15) is 9.90 Å². The zero-order valence-corrected chi connectivity index (χ0v) is 11.5. The summed E-state index contributed by atoms with van der Waals surface area (Å²) in [5, 5.41) is 12.1. The van der Waals surface area contributed by atoms with Crippen LogP contribution in [0.1, 0.15) is 11.6 Å². The van der Waals surface area contributed by atoms with Crippen LogP contribution in [0, 0.1) is 0 Å². The second kappa shape index (κ2) is 7.31. The molecule has 2 rings (SSSR count). The quantitative estimate of drug-likeness (QED) is 0.703. The lowest BCUT2D eigenvalue weighted by Gasteiger charge is -2.17. The van der Waals surface area contributed by atoms with Crippen molar-refractivity contribution >= 4 is 11.6 Å². The van der Waals surface area contributed by atoms with Crippen molar-refractivity contribution in [1.29, 1.82) is 0 Å². The Morgan fingerprint density at radius 2 is 1.81 bits per heavy atom. The lowest BCUT2D eigenvalue weighted by molar-refractivity contribution is -0.124. The molecule has 0 aliphatic heterocycles. The molecule has 2 aromatic rings. The highest BCUT2D eigenvalue weighted by Gasteiger charge is 2.13. The van der Waals surface area contributed by atoms with E-state index in [2.05, 4.69) is 5.32 Å². The molecule has 1 atom stereocenters. The van der Waals surface area contributed by atoms with E-state index in [0.717, 1.165) is 5.56 Å². The van der Waals surface area contributed by atoms with Crippen LogP contribution in [0.5, 0.6) is 5.75 Å². The lowest BCUT2D eigenvalue weighted by Crippen LogP contribution is -2.34. The van der Waals surface area contributed by atoms with Crippen LogP contribution >= 0.6 is 0 Å². The second-order valence-corrected chi connectivity index (χ2v) is 4.57. The minimum Gasteiger partial charge on any atom is -0.484 e. The van der Waals surface area contributed by atoms with Crippen molar-refractivity contribution in [1.82, 2.24) is 5.32 Å². The summed E-state index contributed by atoms with van der Waals surface area (Å²) < 4.78 is 5.35. The molecule has 0 aromatic heterocycles. The number of aliphatic hydroxyl groups excluding tert-OH is 1. The van der Waals surface area contributed by atoms with E-state index in [0.29, 0.717) is 11.4 Å². The Hall–Kier alpha value is -2.53. The molecule has 1 unspecified atom stereocenters. The molecular formula is C16H18N2O3. The number of hydrogen-bond acceptors (Lipinski definition) is 4. The number of hydrogen-bond donors (Lipinski definition) is 3. The Labute approximate surface area is 123 Å². The Morgan fingerprint density at radius 3 is 2.43 bits per heavy atom. The van der Waals surface area contributed by atoms with Gasteiger partial charge in [-0.05, 0) is 29.8 Å². The molecule has 4 N–H and O–H groups in total. The van der Waals surface area contributed by atoms with Gasteiger partial charge in [-0.15, -0.1) is 0 Å². The average Bonchev–Trinajstić information content (AvgIpc) is 2.53. The maximum Gasteiger partial charge on any atom is 0.258 e. The molecule has 0 bridgehead atoms. The number of nitrogens with one attached hydrogen (secondary N) is 1. The van der Waals surface area contributed by atoms with Gasteiger partial charge in [0.2, 0.25) is 0 Å². The van der Waals surface area contributed by atoms with Gasteiger partial charge < -0.3 is 20.9 Å². The van der Waals surface area contributed by atoms with Gasteiger partial charge in [0, 0.05) is 5.69 Å². The van der Waals surface area contributed by atoms with Crippen molar-refractivity contribution in [3.8, 4) is 5.75 Å². The fourth-order valence-electron chi connectivity index (χ4n) is 1.87. The van der Waals surface area contributed by atoms with Crippen LogP contribution in [0.3, 0.4) is 0 Å². The molecule has 0 fully saturated rings. The van der Waals surface area contributed by atoms with Gasteiger partial charge in [0.05, 0.1) is 12.6 Å². The van der Waals surface area contributed by atoms with Crippen LogP contribution in [0.4, 0.5) is 5.69 Å². The smallest absolute Gasteiger partial charge is 0.258 e. The summed E-state index contributed by atoms with van der Waals surface area (Å²) in [6.45, 7) is -0.287. The molecule has 5 nitrogen and oxygen atoms in total. The fourth-order valence-corrected chi connectivity index (χ4v) is 1.87. The van der Waals surface area contributed by atoms with E-state index in [-0.39, 0.29) is 19.1 Å². The van der Waals surface area contributed by atoms with E-state index in [4.69, 9.17) is 10.5 Å². The van der Waals surface area contributed by atoms with Gasteiger partial charge in [0.15, 0.2) is 6.61 Å². The number of amides is 1. The van der Waals surface area contributed by atoms with Crippen LogP contribution in [-0.2, 0) is 4.79 Å². The summed E-state index contributed by atoms with van der Waals surface area (Å²) in [7, 11) is 0. The van der Waals surface area contributed by atoms with Gasteiger partial charge in [-0.25, -0.2) is 0 Å². The standard InChI is InChI=1S/C16H18N2O3/c17-13-6-8-14(9-7-13)21-11-16(20)18-15(10-19)12-4-2-1-3-5-12/h1-9,15,19H,10-11,17H2,(H,18,20). The molecule has 0 aliphatic carbocycles. The van der Waals surface area contributed by atoms with Gasteiger partial charge in [0.25, 0.3) is 5.91 Å². The van der Waals surface area contributed by atoms with E-state index < -0.39 is 6.04 Å². The van der Waals surface area contributed by atoms with Crippen molar-refractivity contribution in [3.63, 3.8) is 0 Å². The number of benzene rings is 2. The van der Waals surface area contributed by atoms with Crippen molar-refractivity contribution in [2.45, 2.75) is 6.04 Å². The zero-order chi connectivity index (χ0) is 15.1. The number of carbonyl (C=O) groups is 1. The predicted octanol–water partition coefficient (Wildman–Crippen LogP) is 1.50. The third-order valence-corrected chi connectivity index (χ3v) is 2.97. The molecule has 21 heavy (non-hydrogen) atoms. The van der Waals surface area contributed by atoms with Crippen molar-refractivity contribution in [2.24, 2.45) is 0 Å². The largest absolute Gasteiger partial charge is 0.484 e. The Balaban J connectivity index is 1.87. The molecule has 1 amide bonds. The first-order valence-corrected chi connectivity index (χ1v) is 6.62. The topological polar surface area (TPSA) is 84.6 Å².